The quantitative estimate of drug-likeness (QED) is 0.489. The lowest BCUT2D eigenvalue weighted by atomic mass is 10.2. The number of nitro groups is 1. The molecule has 0 aliphatic heterocycles. The van der Waals surface area contributed by atoms with Crippen LogP contribution in [0, 0.1) is 17.0 Å². The second-order valence-corrected chi connectivity index (χ2v) is 4.63. The highest BCUT2D eigenvalue weighted by Crippen LogP contribution is 2.11. The lowest BCUT2D eigenvalue weighted by Crippen LogP contribution is -2.24. The molecule has 0 fully saturated rings. The number of hydrogen-bond donors (Lipinski definition) is 1. The Labute approximate surface area is 131 Å². The molecule has 0 aliphatic carbocycles. The van der Waals surface area contributed by atoms with E-state index < -0.39 is 10.8 Å². The van der Waals surface area contributed by atoms with Crippen molar-refractivity contribution in [3.8, 4) is 5.75 Å². The SMILES string of the molecule is COc1cccc(C=NNC(=O)Cn2nc([N+](=O)[O-])cc2C)c1. The fraction of sp³-hybridized carbons (Fsp3) is 0.214. The highest BCUT2D eigenvalue weighted by Gasteiger charge is 2.17. The Morgan fingerprint density at radius 1 is 1.52 bits per heavy atom. The van der Waals surface area contributed by atoms with E-state index >= 15 is 0 Å². The number of nitrogens with zero attached hydrogens (tertiary/aromatic N) is 4. The van der Waals surface area contributed by atoms with Crippen molar-refractivity contribution < 1.29 is 14.5 Å². The van der Waals surface area contributed by atoms with E-state index in [0.717, 1.165) is 5.56 Å². The van der Waals surface area contributed by atoms with Gasteiger partial charge in [-0.15, -0.1) is 0 Å². The summed E-state index contributed by atoms with van der Waals surface area (Å²) in [5, 5.41) is 18.2. The molecule has 0 bridgehead atoms. The Kier molecular flexibility index (Phi) is 5.03. The molecule has 1 heterocycles. The van der Waals surface area contributed by atoms with Crippen LogP contribution in [0.4, 0.5) is 5.82 Å². The number of aromatic nitrogens is 2. The number of ether oxygens (including phenoxy) is 1. The summed E-state index contributed by atoms with van der Waals surface area (Å²) in [6.45, 7) is 1.47. The molecule has 0 aliphatic rings. The molecule has 0 atom stereocenters. The first-order valence-electron chi connectivity index (χ1n) is 6.64. The van der Waals surface area contributed by atoms with Crippen molar-refractivity contribution in [1.82, 2.24) is 15.2 Å². The van der Waals surface area contributed by atoms with Crippen LogP contribution in [-0.2, 0) is 11.3 Å². The Balaban J connectivity index is 1.94. The molecular formula is C14H15N5O4. The Bertz CT molecular complexity index is 753. The van der Waals surface area contributed by atoms with Crippen LogP contribution in [0.5, 0.6) is 5.75 Å². The van der Waals surface area contributed by atoms with E-state index in [9.17, 15) is 14.9 Å². The molecule has 0 saturated heterocycles. The number of benzene rings is 1. The van der Waals surface area contributed by atoms with Crippen molar-refractivity contribution in [1.29, 1.82) is 0 Å². The number of hydrazone groups is 1. The second-order valence-electron chi connectivity index (χ2n) is 4.63. The van der Waals surface area contributed by atoms with E-state index in [4.69, 9.17) is 4.74 Å². The Morgan fingerprint density at radius 2 is 2.30 bits per heavy atom. The highest BCUT2D eigenvalue weighted by molar-refractivity contribution is 5.82. The lowest BCUT2D eigenvalue weighted by molar-refractivity contribution is -0.389. The normalized spacial score (nSPS) is 10.7. The summed E-state index contributed by atoms with van der Waals surface area (Å²) in [6.07, 6.45) is 1.47. The van der Waals surface area contributed by atoms with Crippen molar-refractivity contribution in [3.05, 3.63) is 51.7 Å². The fourth-order valence-corrected chi connectivity index (χ4v) is 1.81. The van der Waals surface area contributed by atoms with E-state index in [1.54, 1.807) is 38.3 Å². The molecule has 1 aromatic carbocycles. The van der Waals surface area contributed by atoms with Crippen LogP contribution in [0.2, 0.25) is 0 Å². The van der Waals surface area contributed by atoms with E-state index in [1.807, 2.05) is 0 Å². The third-order valence-corrected chi connectivity index (χ3v) is 2.95. The number of nitrogens with one attached hydrogen (secondary N) is 1. The number of carbonyl (C=O) groups excluding carboxylic acids is 1. The van der Waals surface area contributed by atoms with Crippen molar-refractivity contribution >= 4 is 17.9 Å². The largest absolute Gasteiger partial charge is 0.497 e. The van der Waals surface area contributed by atoms with Crippen molar-refractivity contribution in [2.45, 2.75) is 13.5 Å². The molecule has 23 heavy (non-hydrogen) atoms. The van der Waals surface area contributed by atoms with Gasteiger partial charge in [0.1, 0.15) is 12.3 Å². The molecule has 0 unspecified atom stereocenters. The zero-order chi connectivity index (χ0) is 16.8. The first kappa shape index (κ1) is 16.1. The van der Waals surface area contributed by atoms with Gasteiger partial charge in [-0.05, 0) is 29.5 Å². The molecule has 0 saturated carbocycles. The van der Waals surface area contributed by atoms with Crippen molar-refractivity contribution in [3.63, 3.8) is 0 Å². The predicted octanol–water partition coefficient (Wildman–Crippen LogP) is 1.26. The molecule has 0 radical (unpaired) electrons. The van der Waals surface area contributed by atoms with Crippen LogP contribution < -0.4 is 10.2 Å². The van der Waals surface area contributed by atoms with Crippen molar-refractivity contribution in [2.24, 2.45) is 5.10 Å². The van der Waals surface area contributed by atoms with Gasteiger partial charge in [0, 0.05) is 0 Å². The Morgan fingerprint density at radius 3 is 2.96 bits per heavy atom. The van der Waals surface area contributed by atoms with Crippen LogP contribution >= 0.6 is 0 Å². The molecule has 1 amide bonds. The maximum atomic E-state index is 11.8. The number of aryl methyl sites for hydroxylation is 1. The summed E-state index contributed by atoms with van der Waals surface area (Å²) in [7, 11) is 1.56. The zero-order valence-electron chi connectivity index (χ0n) is 12.6. The van der Waals surface area contributed by atoms with Gasteiger partial charge in [0.05, 0.1) is 30.2 Å². The van der Waals surface area contributed by atoms with Gasteiger partial charge in [-0.25, -0.2) is 5.43 Å². The van der Waals surface area contributed by atoms with Gasteiger partial charge in [-0.2, -0.15) is 9.78 Å². The van der Waals surface area contributed by atoms with Gasteiger partial charge in [0.2, 0.25) is 0 Å². The van der Waals surface area contributed by atoms with Gasteiger partial charge in [-0.3, -0.25) is 4.79 Å². The molecule has 1 N–H and O–H groups in total. The summed E-state index contributed by atoms with van der Waals surface area (Å²) in [6, 6.07) is 8.46. The van der Waals surface area contributed by atoms with E-state index in [1.165, 1.54) is 17.0 Å². The summed E-state index contributed by atoms with van der Waals surface area (Å²) in [5.74, 6) is -0.0554. The third kappa shape index (κ3) is 4.37. The second kappa shape index (κ2) is 7.16. The molecule has 120 valence electrons. The minimum atomic E-state index is -0.609. The average Bonchev–Trinajstić information content (AvgIpc) is 2.89. The summed E-state index contributed by atoms with van der Waals surface area (Å²) in [4.78, 5) is 21.8. The molecule has 1 aromatic heterocycles. The van der Waals surface area contributed by atoms with E-state index in [0.29, 0.717) is 11.4 Å². The summed E-state index contributed by atoms with van der Waals surface area (Å²) < 4.78 is 6.33. The minimum absolute atomic E-state index is 0.158. The molecule has 0 spiro atoms. The number of hydrogen-bond acceptors (Lipinski definition) is 6. The van der Waals surface area contributed by atoms with Crippen LogP contribution in [0.15, 0.2) is 35.4 Å². The molecular weight excluding hydrogens is 302 g/mol. The maximum absolute atomic E-state index is 11.8. The van der Waals surface area contributed by atoms with Gasteiger partial charge < -0.3 is 14.9 Å². The van der Waals surface area contributed by atoms with Gasteiger partial charge in [0.15, 0.2) is 0 Å². The number of carbonyl (C=O) groups is 1. The van der Waals surface area contributed by atoms with Crippen LogP contribution in [0.25, 0.3) is 0 Å². The van der Waals surface area contributed by atoms with Gasteiger partial charge in [-0.1, -0.05) is 12.1 Å². The highest BCUT2D eigenvalue weighted by atomic mass is 16.6. The summed E-state index contributed by atoms with van der Waals surface area (Å²) >= 11 is 0. The number of amides is 1. The lowest BCUT2D eigenvalue weighted by Gasteiger charge is -2.01. The van der Waals surface area contributed by atoms with Gasteiger partial charge in [0.25, 0.3) is 5.91 Å². The van der Waals surface area contributed by atoms with Crippen LogP contribution in [0.3, 0.4) is 0 Å². The smallest absolute Gasteiger partial charge is 0.390 e. The Hall–Kier alpha value is -3.23. The first-order chi connectivity index (χ1) is 11.0. The van der Waals surface area contributed by atoms with E-state index in [2.05, 4.69) is 15.6 Å². The maximum Gasteiger partial charge on any atom is 0.390 e. The number of methoxy groups -OCH3 is 1. The molecule has 9 heteroatoms. The van der Waals surface area contributed by atoms with Crippen LogP contribution in [0.1, 0.15) is 11.3 Å². The zero-order valence-corrected chi connectivity index (χ0v) is 12.6. The minimum Gasteiger partial charge on any atom is -0.497 e. The topological polar surface area (TPSA) is 112 Å². The average molecular weight is 317 g/mol. The first-order valence-corrected chi connectivity index (χ1v) is 6.64. The third-order valence-electron chi connectivity index (χ3n) is 2.95. The molecule has 9 nitrogen and oxygen atoms in total. The fourth-order valence-electron chi connectivity index (χ4n) is 1.81. The van der Waals surface area contributed by atoms with Crippen LogP contribution in [-0.4, -0.2) is 33.9 Å². The van der Waals surface area contributed by atoms with Gasteiger partial charge >= 0.3 is 5.82 Å². The summed E-state index contributed by atoms with van der Waals surface area (Å²) in [5.41, 5.74) is 3.62. The molecule has 2 aromatic rings. The standard InChI is InChI=1S/C14H15N5O4/c1-10-6-13(19(21)22)17-18(10)9-14(20)16-15-8-11-4-3-5-12(7-11)23-2/h3-8H,9H2,1-2H3,(H,16,20). The molecule has 2 rings (SSSR count). The number of rotatable bonds is 6. The predicted molar refractivity (Wildman–Crippen MR) is 82.3 cm³/mol. The van der Waals surface area contributed by atoms with Crippen molar-refractivity contribution in [2.75, 3.05) is 7.11 Å². The van der Waals surface area contributed by atoms with E-state index in [-0.39, 0.29) is 12.4 Å². The monoisotopic (exact) mass is 317 g/mol.